The standard InChI is InChI=1S/C15H20N6O/c1-8-13-14(20(3)19-8)17-9(2)18-15(13)21-10-4-5-11(21)7-16-12(22)6-10/h10-11H,4-7H2,1-3H3,(H,16,22)/t10-,11+/m1/s1. The SMILES string of the molecule is Cc1nc(N2[C@@H]3CC[C@H]2CNC(=O)C3)c2c(C)nn(C)c2n1. The molecular formula is C15H20N6O. The van der Waals surface area contributed by atoms with E-state index in [-0.39, 0.29) is 11.9 Å². The maximum absolute atomic E-state index is 11.9. The first-order chi connectivity index (χ1) is 10.5. The molecule has 0 aliphatic carbocycles. The van der Waals surface area contributed by atoms with Crippen LogP contribution in [0.4, 0.5) is 5.82 Å². The topological polar surface area (TPSA) is 75.9 Å². The van der Waals surface area contributed by atoms with Crippen molar-refractivity contribution in [2.75, 3.05) is 11.4 Å². The van der Waals surface area contributed by atoms with Gasteiger partial charge in [-0.3, -0.25) is 9.48 Å². The Morgan fingerprint density at radius 2 is 1.95 bits per heavy atom. The summed E-state index contributed by atoms with van der Waals surface area (Å²) in [6.45, 7) is 4.60. The zero-order valence-corrected chi connectivity index (χ0v) is 13.1. The van der Waals surface area contributed by atoms with Crippen LogP contribution in [-0.4, -0.2) is 44.3 Å². The van der Waals surface area contributed by atoms with Crippen molar-refractivity contribution in [3.8, 4) is 0 Å². The lowest BCUT2D eigenvalue weighted by atomic mass is 10.1. The summed E-state index contributed by atoms with van der Waals surface area (Å²) in [6.07, 6.45) is 2.68. The van der Waals surface area contributed by atoms with Gasteiger partial charge in [-0.1, -0.05) is 0 Å². The molecule has 2 aromatic heterocycles. The second kappa shape index (κ2) is 4.66. The number of nitrogens with one attached hydrogen (secondary N) is 1. The van der Waals surface area contributed by atoms with Crippen LogP contribution in [0.1, 0.15) is 30.8 Å². The number of carbonyl (C=O) groups excluding carboxylic acids is 1. The number of fused-ring (bicyclic) bond motifs is 3. The van der Waals surface area contributed by atoms with Gasteiger partial charge in [0.2, 0.25) is 5.91 Å². The van der Waals surface area contributed by atoms with E-state index in [4.69, 9.17) is 4.98 Å². The maximum atomic E-state index is 11.9. The highest BCUT2D eigenvalue weighted by atomic mass is 16.1. The fourth-order valence-corrected chi connectivity index (χ4v) is 3.84. The normalized spacial score (nSPS) is 24.7. The predicted molar refractivity (Wildman–Crippen MR) is 82.7 cm³/mol. The molecule has 0 saturated carbocycles. The van der Waals surface area contributed by atoms with Gasteiger partial charge in [0.25, 0.3) is 0 Å². The van der Waals surface area contributed by atoms with Gasteiger partial charge in [-0.15, -0.1) is 0 Å². The number of rotatable bonds is 1. The molecule has 2 aromatic rings. The summed E-state index contributed by atoms with van der Waals surface area (Å²) in [5.41, 5.74) is 1.80. The molecule has 7 heteroatoms. The first-order valence-corrected chi connectivity index (χ1v) is 7.77. The Morgan fingerprint density at radius 1 is 1.18 bits per heavy atom. The molecule has 1 amide bonds. The molecule has 0 radical (unpaired) electrons. The van der Waals surface area contributed by atoms with Crippen LogP contribution in [0.3, 0.4) is 0 Å². The molecule has 7 nitrogen and oxygen atoms in total. The van der Waals surface area contributed by atoms with Gasteiger partial charge in [0.05, 0.1) is 11.1 Å². The largest absolute Gasteiger partial charge is 0.354 e. The Kier molecular flexibility index (Phi) is 2.85. The van der Waals surface area contributed by atoms with Crippen molar-refractivity contribution in [3.63, 3.8) is 0 Å². The van der Waals surface area contributed by atoms with Crippen molar-refractivity contribution in [2.45, 2.75) is 45.2 Å². The van der Waals surface area contributed by atoms with Gasteiger partial charge in [-0.25, -0.2) is 9.97 Å². The van der Waals surface area contributed by atoms with E-state index in [1.807, 2.05) is 25.6 Å². The average Bonchev–Trinajstić information content (AvgIpc) is 2.91. The van der Waals surface area contributed by atoms with E-state index in [1.54, 1.807) is 0 Å². The van der Waals surface area contributed by atoms with Gasteiger partial charge in [-0.2, -0.15) is 5.10 Å². The molecule has 2 bridgehead atoms. The number of nitrogens with zero attached hydrogens (tertiary/aromatic N) is 5. The first kappa shape index (κ1) is 13.5. The minimum atomic E-state index is 0.141. The number of aryl methyl sites for hydroxylation is 3. The van der Waals surface area contributed by atoms with Crippen LogP contribution in [0.15, 0.2) is 0 Å². The number of amides is 1. The van der Waals surface area contributed by atoms with Crippen LogP contribution in [0.5, 0.6) is 0 Å². The Morgan fingerprint density at radius 3 is 2.77 bits per heavy atom. The fraction of sp³-hybridized carbons (Fsp3) is 0.600. The zero-order valence-electron chi connectivity index (χ0n) is 13.1. The molecule has 2 aliphatic rings. The van der Waals surface area contributed by atoms with E-state index in [9.17, 15) is 4.79 Å². The van der Waals surface area contributed by atoms with Crippen molar-refractivity contribution in [1.82, 2.24) is 25.1 Å². The van der Waals surface area contributed by atoms with E-state index >= 15 is 0 Å². The molecule has 0 spiro atoms. The summed E-state index contributed by atoms with van der Waals surface area (Å²) in [7, 11) is 1.91. The summed E-state index contributed by atoms with van der Waals surface area (Å²) < 4.78 is 1.81. The highest BCUT2D eigenvalue weighted by Crippen LogP contribution is 2.36. The van der Waals surface area contributed by atoms with Crippen LogP contribution >= 0.6 is 0 Å². The Bertz CT molecular complexity index is 767. The molecule has 4 heterocycles. The molecule has 2 aliphatic heterocycles. The van der Waals surface area contributed by atoms with Gasteiger partial charge in [-0.05, 0) is 26.7 Å². The third-order valence-corrected chi connectivity index (χ3v) is 4.77. The third-order valence-electron chi connectivity index (χ3n) is 4.77. The van der Waals surface area contributed by atoms with E-state index in [1.165, 1.54) is 0 Å². The van der Waals surface area contributed by atoms with Crippen molar-refractivity contribution in [2.24, 2.45) is 7.05 Å². The fourth-order valence-electron chi connectivity index (χ4n) is 3.84. The quantitative estimate of drug-likeness (QED) is 0.844. The molecule has 22 heavy (non-hydrogen) atoms. The van der Waals surface area contributed by atoms with Crippen LogP contribution in [0.2, 0.25) is 0 Å². The second-order valence-electron chi connectivity index (χ2n) is 6.30. The minimum Gasteiger partial charge on any atom is -0.354 e. The number of aromatic nitrogens is 4. The lowest BCUT2D eigenvalue weighted by Gasteiger charge is -2.29. The summed E-state index contributed by atoms with van der Waals surface area (Å²) in [5.74, 6) is 1.83. The van der Waals surface area contributed by atoms with Crippen LogP contribution in [0, 0.1) is 13.8 Å². The molecule has 0 unspecified atom stereocenters. The lowest BCUT2D eigenvalue weighted by molar-refractivity contribution is -0.121. The van der Waals surface area contributed by atoms with Gasteiger partial charge in [0.15, 0.2) is 5.65 Å². The summed E-state index contributed by atoms with van der Waals surface area (Å²) in [5, 5.41) is 8.53. The molecule has 2 fully saturated rings. The van der Waals surface area contributed by atoms with Crippen molar-refractivity contribution >= 4 is 22.8 Å². The highest BCUT2D eigenvalue weighted by molar-refractivity contribution is 5.91. The van der Waals surface area contributed by atoms with E-state index in [2.05, 4.69) is 20.3 Å². The molecule has 1 N–H and O–H groups in total. The number of hydrogen-bond acceptors (Lipinski definition) is 5. The summed E-state index contributed by atoms with van der Waals surface area (Å²) in [6, 6.07) is 0.540. The third kappa shape index (κ3) is 1.88. The van der Waals surface area contributed by atoms with Crippen LogP contribution in [0.25, 0.3) is 11.0 Å². The highest BCUT2D eigenvalue weighted by Gasteiger charge is 2.39. The van der Waals surface area contributed by atoms with Crippen LogP contribution in [-0.2, 0) is 11.8 Å². The Balaban J connectivity index is 1.92. The molecule has 2 saturated heterocycles. The number of anilines is 1. The Labute approximate surface area is 128 Å². The van der Waals surface area contributed by atoms with Crippen molar-refractivity contribution in [1.29, 1.82) is 0 Å². The first-order valence-electron chi connectivity index (χ1n) is 7.77. The smallest absolute Gasteiger partial charge is 0.222 e. The average molecular weight is 300 g/mol. The molecular weight excluding hydrogens is 280 g/mol. The van der Waals surface area contributed by atoms with Crippen molar-refractivity contribution in [3.05, 3.63) is 11.5 Å². The number of carbonyl (C=O) groups is 1. The van der Waals surface area contributed by atoms with Gasteiger partial charge in [0, 0.05) is 32.1 Å². The molecule has 116 valence electrons. The van der Waals surface area contributed by atoms with Gasteiger partial charge in [0.1, 0.15) is 11.6 Å². The monoisotopic (exact) mass is 300 g/mol. The second-order valence-corrected chi connectivity index (χ2v) is 6.30. The summed E-state index contributed by atoms with van der Waals surface area (Å²) in [4.78, 5) is 23.5. The van der Waals surface area contributed by atoms with Gasteiger partial charge >= 0.3 is 0 Å². The summed E-state index contributed by atoms with van der Waals surface area (Å²) >= 11 is 0. The molecule has 0 aromatic carbocycles. The van der Waals surface area contributed by atoms with E-state index in [0.717, 1.165) is 41.2 Å². The predicted octanol–water partition coefficient (Wildman–Crippen LogP) is 0.837. The zero-order chi connectivity index (χ0) is 15.4. The maximum Gasteiger partial charge on any atom is 0.222 e. The van der Waals surface area contributed by atoms with Crippen molar-refractivity contribution < 1.29 is 4.79 Å². The Hall–Kier alpha value is -2.18. The van der Waals surface area contributed by atoms with Crippen LogP contribution < -0.4 is 10.2 Å². The molecule has 4 rings (SSSR count). The lowest BCUT2D eigenvalue weighted by Crippen LogP contribution is -2.39. The van der Waals surface area contributed by atoms with E-state index < -0.39 is 0 Å². The van der Waals surface area contributed by atoms with Gasteiger partial charge < -0.3 is 10.2 Å². The number of hydrogen-bond donors (Lipinski definition) is 1. The van der Waals surface area contributed by atoms with E-state index in [0.29, 0.717) is 19.0 Å². The minimum absolute atomic E-state index is 0.141. The molecule has 2 atom stereocenters.